The molecule has 3 aromatic rings. The van der Waals surface area contributed by atoms with Crippen molar-refractivity contribution in [2.24, 2.45) is 0 Å². The van der Waals surface area contributed by atoms with Crippen molar-refractivity contribution in [3.63, 3.8) is 0 Å². The third-order valence-electron chi connectivity index (χ3n) is 3.41. The number of anilines is 1. The lowest BCUT2D eigenvalue weighted by Gasteiger charge is -2.08. The Morgan fingerprint density at radius 3 is 2.40 bits per heavy atom. The van der Waals surface area contributed by atoms with E-state index in [2.05, 4.69) is 10.3 Å². The lowest BCUT2D eigenvalue weighted by molar-refractivity contribution is 0.102. The molecule has 0 bridgehead atoms. The average Bonchev–Trinajstić information content (AvgIpc) is 2.59. The monoisotopic (exact) mass is 375 g/mol. The van der Waals surface area contributed by atoms with Gasteiger partial charge in [0.25, 0.3) is 11.5 Å². The van der Waals surface area contributed by atoms with E-state index >= 15 is 0 Å². The average molecular weight is 376 g/mol. The van der Waals surface area contributed by atoms with Gasteiger partial charge in [0, 0.05) is 11.9 Å². The largest absolute Gasteiger partial charge is 0.333 e. The fourth-order valence-electron chi connectivity index (χ4n) is 2.22. The number of nitrogens with one attached hydrogen (secondary N) is 2. The Hall–Kier alpha value is -2.83. The van der Waals surface area contributed by atoms with Crippen LogP contribution in [-0.4, -0.2) is 15.5 Å². The van der Waals surface area contributed by atoms with Crippen LogP contribution in [0.15, 0.2) is 64.3 Å². The molecule has 0 saturated carbocycles. The SMILES string of the molecule is O=C(Nc1ccc(Cl)c(Cl)c1)c1c[nH]c(=O)n(-c2ccccc2)c1=O. The Morgan fingerprint density at radius 1 is 1.00 bits per heavy atom. The molecule has 3 rings (SSSR count). The number of benzene rings is 2. The summed E-state index contributed by atoms with van der Waals surface area (Å²) in [5.74, 6) is -0.677. The highest BCUT2D eigenvalue weighted by atomic mass is 35.5. The Morgan fingerprint density at radius 2 is 1.72 bits per heavy atom. The summed E-state index contributed by atoms with van der Waals surface area (Å²) in [5, 5.41) is 3.16. The maximum absolute atomic E-state index is 12.6. The molecule has 25 heavy (non-hydrogen) atoms. The minimum atomic E-state index is -0.729. The number of hydrogen-bond acceptors (Lipinski definition) is 3. The van der Waals surface area contributed by atoms with Gasteiger partial charge < -0.3 is 10.3 Å². The lowest BCUT2D eigenvalue weighted by atomic mass is 10.2. The number of rotatable bonds is 3. The van der Waals surface area contributed by atoms with Crippen molar-refractivity contribution in [1.82, 2.24) is 9.55 Å². The zero-order valence-electron chi connectivity index (χ0n) is 12.6. The standard InChI is InChI=1S/C17H11Cl2N3O3/c18-13-7-6-10(8-14(13)19)21-15(23)12-9-20-17(25)22(16(12)24)11-4-2-1-3-5-11/h1-9H,(H,20,25)(H,21,23). The lowest BCUT2D eigenvalue weighted by Crippen LogP contribution is -2.38. The quantitative estimate of drug-likeness (QED) is 0.737. The third-order valence-corrected chi connectivity index (χ3v) is 4.15. The second-order valence-electron chi connectivity index (χ2n) is 5.07. The molecule has 2 N–H and O–H groups in total. The predicted molar refractivity (Wildman–Crippen MR) is 97.1 cm³/mol. The van der Waals surface area contributed by atoms with E-state index in [4.69, 9.17) is 23.2 Å². The molecule has 1 aromatic heterocycles. The number of amides is 1. The van der Waals surface area contributed by atoms with E-state index in [1.807, 2.05) is 0 Å². The molecule has 1 heterocycles. The van der Waals surface area contributed by atoms with Gasteiger partial charge in [-0.2, -0.15) is 0 Å². The van der Waals surface area contributed by atoms with E-state index in [0.717, 1.165) is 10.8 Å². The zero-order chi connectivity index (χ0) is 18.0. The second-order valence-corrected chi connectivity index (χ2v) is 5.88. The number of nitrogens with zero attached hydrogens (tertiary/aromatic N) is 1. The fraction of sp³-hybridized carbons (Fsp3) is 0. The van der Waals surface area contributed by atoms with Gasteiger partial charge in [0.1, 0.15) is 5.56 Å². The normalized spacial score (nSPS) is 10.5. The minimum Gasteiger partial charge on any atom is -0.322 e. The molecule has 0 saturated heterocycles. The van der Waals surface area contributed by atoms with Gasteiger partial charge >= 0.3 is 5.69 Å². The molecule has 0 aliphatic rings. The number of H-pyrrole nitrogens is 1. The molecule has 0 aliphatic heterocycles. The molecule has 8 heteroatoms. The third kappa shape index (κ3) is 3.50. The summed E-state index contributed by atoms with van der Waals surface area (Å²) in [5.41, 5.74) is -0.849. The van der Waals surface area contributed by atoms with Crippen molar-refractivity contribution in [2.75, 3.05) is 5.32 Å². The first kappa shape index (κ1) is 17.0. The molecular formula is C17H11Cl2N3O3. The van der Waals surface area contributed by atoms with Crippen LogP contribution in [0, 0.1) is 0 Å². The van der Waals surface area contributed by atoms with Crippen LogP contribution in [0.3, 0.4) is 0 Å². The first-order valence-electron chi connectivity index (χ1n) is 7.14. The number of aromatic amines is 1. The molecule has 0 spiro atoms. The smallest absolute Gasteiger partial charge is 0.322 e. The summed E-state index contributed by atoms with van der Waals surface area (Å²) in [7, 11) is 0. The zero-order valence-corrected chi connectivity index (χ0v) is 14.1. The molecular weight excluding hydrogens is 365 g/mol. The summed E-state index contributed by atoms with van der Waals surface area (Å²) in [4.78, 5) is 39.4. The van der Waals surface area contributed by atoms with Gasteiger partial charge in [0.05, 0.1) is 15.7 Å². The van der Waals surface area contributed by atoms with Gasteiger partial charge in [0.2, 0.25) is 0 Å². The minimum absolute atomic E-state index is 0.213. The van der Waals surface area contributed by atoms with Crippen LogP contribution in [-0.2, 0) is 0 Å². The van der Waals surface area contributed by atoms with E-state index in [-0.39, 0.29) is 10.6 Å². The number of aromatic nitrogens is 2. The van der Waals surface area contributed by atoms with Crippen LogP contribution < -0.4 is 16.6 Å². The topological polar surface area (TPSA) is 84.0 Å². The van der Waals surface area contributed by atoms with E-state index in [1.54, 1.807) is 36.4 Å². The van der Waals surface area contributed by atoms with Gasteiger partial charge in [-0.25, -0.2) is 9.36 Å². The predicted octanol–water partition coefficient (Wildman–Crippen LogP) is 3.08. The molecule has 126 valence electrons. The van der Waals surface area contributed by atoms with Crippen LogP contribution in [0.2, 0.25) is 10.0 Å². The Kier molecular flexibility index (Phi) is 4.74. The van der Waals surface area contributed by atoms with Crippen molar-refractivity contribution in [3.05, 3.63) is 91.2 Å². The van der Waals surface area contributed by atoms with Gasteiger partial charge in [0.15, 0.2) is 0 Å². The van der Waals surface area contributed by atoms with Crippen molar-refractivity contribution >= 4 is 34.8 Å². The first-order chi connectivity index (χ1) is 12.0. The maximum atomic E-state index is 12.6. The van der Waals surface area contributed by atoms with Crippen LogP contribution in [0.1, 0.15) is 10.4 Å². The van der Waals surface area contributed by atoms with Crippen LogP contribution in [0.5, 0.6) is 0 Å². The van der Waals surface area contributed by atoms with Crippen LogP contribution >= 0.6 is 23.2 Å². The summed E-state index contributed by atoms with van der Waals surface area (Å²) >= 11 is 11.7. The molecule has 0 radical (unpaired) electrons. The highest BCUT2D eigenvalue weighted by Crippen LogP contribution is 2.25. The number of carbonyl (C=O) groups excluding carboxylic acids is 1. The number of para-hydroxylation sites is 1. The summed E-state index contributed by atoms with van der Waals surface area (Å²) < 4.78 is 0.893. The molecule has 2 aromatic carbocycles. The van der Waals surface area contributed by atoms with Crippen LogP contribution in [0.4, 0.5) is 5.69 Å². The van der Waals surface area contributed by atoms with Crippen molar-refractivity contribution in [3.8, 4) is 5.69 Å². The van der Waals surface area contributed by atoms with E-state index < -0.39 is 17.2 Å². The molecule has 6 nitrogen and oxygen atoms in total. The Balaban J connectivity index is 2.00. The van der Waals surface area contributed by atoms with Gasteiger partial charge in [-0.3, -0.25) is 9.59 Å². The van der Waals surface area contributed by atoms with Crippen molar-refractivity contribution < 1.29 is 4.79 Å². The van der Waals surface area contributed by atoms with Crippen molar-refractivity contribution in [1.29, 1.82) is 0 Å². The van der Waals surface area contributed by atoms with Gasteiger partial charge in [-0.15, -0.1) is 0 Å². The Bertz CT molecular complexity index is 1060. The highest BCUT2D eigenvalue weighted by molar-refractivity contribution is 6.42. The van der Waals surface area contributed by atoms with Crippen LogP contribution in [0.25, 0.3) is 5.69 Å². The molecule has 1 amide bonds. The van der Waals surface area contributed by atoms with E-state index in [9.17, 15) is 14.4 Å². The second kappa shape index (κ2) is 6.96. The van der Waals surface area contributed by atoms with Crippen molar-refractivity contribution in [2.45, 2.75) is 0 Å². The van der Waals surface area contributed by atoms with E-state index in [1.165, 1.54) is 12.1 Å². The molecule has 0 aliphatic carbocycles. The number of hydrogen-bond donors (Lipinski definition) is 2. The van der Waals surface area contributed by atoms with E-state index in [0.29, 0.717) is 16.4 Å². The molecule has 0 unspecified atom stereocenters. The molecule has 0 atom stereocenters. The van der Waals surface area contributed by atoms with Gasteiger partial charge in [-0.1, -0.05) is 41.4 Å². The number of carbonyl (C=O) groups is 1. The highest BCUT2D eigenvalue weighted by Gasteiger charge is 2.16. The summed E-state index contributed by atoms with van der Waals surface area (Å²) in [6.07, 6.45) is 1.08. The fourth-order valence-corrected chi connectivity index (χ4v) is 2.52. The Labute approximate surface area is 151 Å². The number of halogens is 2. The molecule has 0 fully saturated rings. The van der Waals surface area contributed by atoms with Gasteiger partial charge in [-0.05, 0) is 30.3 Å². The summed E-state index contributed by atoms with van der Waals surface area (Å²) in [6.45, 7) is 0. The maximum Gasteiger partial charge on any atom is 0.333 e. The first-order valence-corrected chi connectivity index (χ1v) is 7.89. The summed E-state index contributed by atoms with van der Waals surface area (Å²) in [6, 6.07) is 12.8.